The van der Waals surface area contributed by atoms with Crippen LogP contribution in [-0.4, -0.2) is 32.5 Å². The summed E-state index contributed by atoms with van der Waals surface area (Å²) in [6, 6.07) is 13.1. The van der Waals surface area contributed by atoms with Crippen LogP contribution in [0.25, 0.3) is 6.08 Å². The maximum absolute atomic E-state index is 12.6. The molecule has 1 N–H and O–H groups in total. The molecule has 2 aromatic rings. The Bertz CT molecular complexity index is 1000. The van der Waals surface area contributed by atoms with E-state index in [1.165, 1.54) is 29.2 Å². The van der Waals surface area contributed by atoms with Crippen molar-refractivity contribution in [2.24, 2.45) is 0 Å². The number of nitrogens with one attached hydrogen (secondary N) is 1. The van der Waals surface area contributed by atoms with Crippen molar-refractivity contribution < 1.29 is 14.5 Å². The summed E-state index contributed by atoms with van der Waals surface area (Å²) in [6.45, 7) is 1.72. The molecule has 0 saturated carbocycles. The Hall–Kier alpha value is -3.04. The summed E-state index contributed by atoms with van der Waals surface area (Å²) >= 11 is 6.40. The normalized spacial score (nSPS) is 15.2. The number of aryl methyl sites for hydroxylation is 1. The molecule has 3 rings (SSSR count). The molecule has 9 heteroatoms. The van der Waals surface area contributed by atoms with E-state index in [2.05, 4.69) is 5.32 Å². The van der Waals surface area contributed by atoms with Gasteiger partial charge in [0.05, 0.1) is 9.83 Å². The molecule has 2 amide bonds. The van der Waals surface area contributed by atoms with Crippen molar-refractivity contribution in [1.82, 2.24) is 4.90 Å². The molecule has 0 unspecified atom stereocenters. The van der Waals surface area contributed by atoms with E-state index in [-0.39, 0.29) is 18.1 Å². The summed E-state index contributed by atoms with van der Waals surface area (Å²) in [7, 11) is 0. The third-order valence-electron chi connectivity index (χ3n) is 4.01. The number of rotatable bonds is 5. The predicted molar refractivity (Wildman–Crippen MR) is 113 cm³/mol. The van der Waals surface area contributed by atoms with Crippen molar-refractivity contribution in [2.45, 2.75) is 6.92 Å². The Morgan fingerprint density at radius 2 is 1.93 bits per heavy atom. The number of nitro benzene ring substituents is 1. The van der Waals surface area contributed by atoms with Crippen LogP contribution in [0.3, 0.4) is 0 Å². The number of non-ortho nitro benzene ring substituents is 1. The first-order valence-corrected chi connectivity index (χ1v) is 9.43. The Labute approximate surface area is 170 Å². The molecule has 0 spiro atoms. The van der Waals surface area contributed by atoms with Crippen LogP contribution in [0.1, 0.15) is 11.1 Å². The van der Waals surface area contributed by atoms with Crippen molar-refractivity contribution in [1.29, 1.82) is 0 Å². The van der Waals surface area contributed by atoms with E-state index < -0.39 is 10.8 Å². The average molecular weight is 413 g/mol. The molecule has 0 aromatic heterocycles. The molecule has 1 aliphatic heterocycles. The summed E-state index contributed by atoms with van der Waals surface area (Å²) in [6.07, 6.45) is 1.77. The molecular weight excluding hydrogens is 398 g/mol. The van der Waals surface area contributed by atoms with Gasteiger partial charge < -0.3 is 5.32 Å². The van der Waals surface area contributed by atoms with Gasteiger partial charge in [0, 0.05) is 17.8 Å². The number of carbonyl (C=O) groups is 2. The molecule has 0 atom stereocenters. The quantitative estimate of drug-likeness (QED) is 0.347. The lowest BCUT2D eigenvalue weighted by atomic mass is 10.1. The van der Waals surface area contributed by atoms with E-state index in [4.69, 9.17) is 12.2 Å². The lowest BCUT2D eigenvalue weighted by molar-refractivity contribution is -0.384. The fourth-order valence-corrected chi connectivity index (χ4v) is 3.78. The molecule has 1 heterocycles. The lowest BCUT2D eigenvalue weighted by Crippen LogP contribution is -2.36. The zero-order valence-corrected chi connectivity index (χ0v) is 16.4. The van der Waals surface area contributed by atoms with Crippen molar-refractivity contribution in [3.05, 3.63) is 74.7 Å². The van der Waals surface area contributed by atoms with Crippen LogP contribution in [0, 0.1) is 17.0 Å². The van der Waals surface area contributed by atoms with Gasteiger partial charge in [-0.1, -0.05) is 48.2 Å². The number of nitrogens with zero attached hydrogens (tertiary/aromatic N) is 2. The molecule has 2 aromatic carbocycles. The minimum atomic E-state index is -0.521. The monoisotopic (exact) mass is 413 g/mol. The minimum absolute atomic E-state index is 0.0729. The van der Waals surface area contributed by atoms with Crippen LogP contribution in [0.5, 0.6) is 0 Å². The van der Waals surface area contributed by atoms with Gasteiger partial charge in [0.2, 0.25) is 5.91 Å². The number of amides is 2. The SMILES string of the molecule is Cc1ccccc1/C=C1\SC(=S)N(CC(=O)Nc2ccc([N+](=O)[O-])cc2)C1=O. The summed E-state index contributed by atoms with van der Waals surface area (Å²) in [5.74, 6) is -0.764. The van der Waals surface area contributed by atoms with Gasteiger partial charge in [-0.3, -0.25) is 24.6 Å². The second-order valence-electron chi connectivity index (χ2n) is 5.98. The molecule has 0 radical (unpaired) electrons. The van der Waals surface area contributed by atoms with E-state index in [1.807, 2.05) is 31.2 Å². The number of thiocarbonyl (C=S) groups is 1. The van der Waals surface area contributed by atoms with Gasteiger partial charge in [0.15, 0.2) is 0 Å². The Morgan fingerprint density at radius 3 is 2.57 bits per heavy atom. The molecule has 0 aliphatic carbocycles. The standard InChI is InChI=1S/C19H15N3O4S2/c1-12-4-2-3-5-13(12)10-16-18(24)21(19(27)28-16)11-17(23)20-14-6-8-15(9-7-14)22(25)26/h2-10H,11H2,1H3,(H,20,23)/b16-10-. The average Bonchev–Trinajstić information content (AvgIpc) is 2.91. The molecular formula is C19H15N3O4S2. The van der Waals surface area contributed by atoms with Gasteiger partial charge in [0.25, 0.3) is 11.6 Å². The van der Waals surface area contributed by atoms with Gasteiger partial charge in [-0.2, -0.15) is 0 Å². The maximum atomic E-state index is 12.6. The van der Waals surface area contributed by atoms with Crippen LogP contribution in [0.4, 0.5) is 11.4 Å². The molecule has 142 valence electrons. The lowest BCUT2D eigenvalue weighted by Gasteiger charge is -2.14. The van der Waals surface area contributed by atoms with Crippen LogP contribution < -0.4 is 5.32 Å². The van der Waals surface area contributed by atoms with Crippen LogP contribution in [0.2, 0.25) is 0 Å². The number of anilines is 1. The predicted octanol–water partition coefficient (Wildman–Crippen LogP) is 3.74. The van der Waals surface area contributed by atoms with Crippen molar-refractivity contribution >= 4 is 57.6 Å². The highest BCUT2D eigenvalue weighted by atomic mass is 32.2. The first kappa shape index (κ1) is 19.7. The van der Waals surface area contributed by atoms with E-state index in [0.717, 1.165) is 22.9 Å². The Morgan fingerprint density at radius 1 is 1.25 bits per heavy atom. The molecule has 1 fully saturated rings. The van der Waals surface area contributed by atoms with E-state index >= 15 is 0 Å². The zero-order valence-electron chi connectivity index (χ0n) is 14.7. The highest BCUT2D eigenvalue weighted by Crippen LogP contribution is 2.32. The Balaban J connectivity index is 1.68. The minimum Gasteiger partial charge on any atom is -0.325 e. The van der Waals surface area contributed by atoms with Gasteiger partial charge in [-0.25, -0.2) is 0 Å². The molecule has 28 heavy (non-hydrogen) atoms. The summed E-state index contributed by atoms with van der Waals surface area (Å²) < 4.78 is 0.309. The fourth-order valence-electron chi connectivity index (χ4n) is 2.54. The van der Waals surface area contributed by atoms with Gasteiger partial charge in [-0.05, 0) is 36.3 Å². The number of benzene rings is 2. The molecule has 7 nitrogen and oxygen atoms in total. The second kappa shape index (κ2) is 8.32. The number of thioether (sulfide) groups is 1. The van der Waals surface area contributed by atoms with Crippen LogP contribution >= 0.6 is 24.0 Å². The fraction of sp³-hybridized carbons (Fsp3) is 0.105. The summed E-state index contributed by atoms with van der Waals surface area (Å²) in [5.41, 5.74) is 2.27. The third kappa shape index (κ3) is 4.44. The number of carbonyl (C=O) groups excluding carboxylic acids is 2. The highest BCUT2D eigenvalue weighted by Gasteiger charge is 2.33. The van der Waals surface area contributed by atoms with Gasteiger partial charge >= 0.3 is 0 Å². The topological polar surface area (TPSA) is 92.6 Å². The van der Waals surface area contributed by atoms with Gasteiger partial charge in [-0.15, -0.1) is 0 Å². The first-order valence-electron chi connectivity index (χ1n) is 8.20. The van der Waals surface area contributed by atoms with E-state index in [9.17, 15) is 19.7 Å². The maximum Gasteiger partial charge on any atom is 0.269 e. The first-order chi connectivity index (χ1) is 13.3. The smallest absolute Gasteiger partial charge is 0.269 e. The zero-order chi connectivity index (χ0) is 20.3. The third-order valence-corrected chi connectivity index (χ3v) is 5.39. The van der Waals surface area contributed by atoms with Gasteiger partial charge in [0.1, 0.15) is 10.9 Å². The Kier molecular flexibility index (Phi) is 5.86. The second-order valence-corrected chi connectivity index (χ2v) is 7.65. The highest BCUT2D eigenvalue weighted by molar-refractivity contribution is 8.26. The summed E-state index contributed by atoms with van der Waals surface area (Å²) in [4.78, 5) is 36.8. The van der Waals surface area contributed by atoms with E-state index in [0.29, 0.717) is 14.9 Å². The van der Waals surface area contributed by atoms with Crippen LogP contribution in [0.15, 0.2) is 53.4 Å². The summed E-state index contributed by atoms with van der Waals surface area (Å²) in [5, 5.41) is 13.3. The van der Waals surface area contributed by atoms with E-state index in [1.54, 1.807) is 6.08 Å². The largest absolute Gasteiger partial charge is 0.325 e. The number of hydrogen-bond acceptors (Lipinski definition) is 6. The van der Waals surface area contributed by atoms with Crippen LogP contribution in [-0.2, 0) is 9.59 Å². The van der Waals surface area contributed by atoms with Crippen molar-refractivity contribution in [3.63, 3.8) is 0 Å². The molecule has 0 bridgehead atoms. The molecule has 1 saturated heterocycles. The van der Waals surface area contributed by atoms with Crippen molar-refractivity contribution in [2.75, 3.05) is 11.9 Å². The number of nitro groups is 1. The molecule has 1 aliphatic rings. The number of hydrogen-bond donors (Lipinski definition) is 1. The van der Waals surface area contributed by atoms with Crippen molar-refractivity contribution in [3.8, 4) is 0 Å².